The summed E-state index contributed by atoms with van der Waals surface area (Å²) in [5, 5.41) is 3.01. The number of likely N-dealkylation sites (tertiary alicyclic amines) is 1. The number of hydrogen-bond acceptors (Lipinski definition) is 2. The van der Waals surface area contributed by atoms with Crippen LogP contribution in [0.2, 0.25) is 0 Å². The molecule has 1 aliphatic heterocycles. The quantitative estimate of drug-likeness (QED) is 0.902. The van der Waals surface area contributed by atoms with E-state index in [9.17, 15) is 4.79 Å². The van der Waals surface area contributed by atoms with Crippen LogP contribution in [0.15, 0.2) is 18.2 Å². The minimum absolute atomic E-state index is 0.0255. The lowest BCUT2D eigenvalue weighted by Gasteiger charge is -2.41. The van der Waals surface area contributed by atoms with E-state index < -0.39 is 0 Å². The maximum atomic E-state index is 12.5. The molecule has 1 saturated heterocycles. The highest BCUT2D eigenvalue weighted by atomic mass is 16.5. The van der Waals surface area contributed by atoms with Crippen molar-refractivity contribution in [1.29, 1.82) is 0 Å². The number of carbonyl (C=O) groups is 1. The lowest BCUT2D eigenvalue weighted by molar-refractivity contribution is 0.110. The van der Waals surface area contributed by atoms with E-state index in [2.05, 4.69) is 5.32 Å². The van der Waals surface area contributed by atoms with Crippen LogP contribution in [-0.2, 0) is 0 Å². The summed E-state index contributed by atoms with van der Waals surface area (Å²) >= 11 is 0. The van der Waals surface area contributed by atoms with E-state index in [1.165, 1.54) is 25.7 Å². The van der Waals surface area contributed by atoms with E-state index >= 15 is 0 Å². The Morgan fingerprint density at radius 3 is 2.67 bits per heavy atom. The molecule has 2 aliphatic rings. The second-order valence-electron chi connectivity index (χ2n) is 6.42. The highest BCUT2D eigenvalue weighted by molar-refractivity contribution is 5.89. The highest BCUT2D eigenvalue weighted by Crippen LogP contribution is 2.34. The van der Waals surface area contributed by atoms with Gasteiger partial charge in [0, 0.05) is 24.8 Å². The molecule has 0 spiro atoms. The Morgan fingerprint density at radius 2 is 2.00 bits per heavy atom. The van der Waals surface area contributed by atoms with Crippen molar-refractivity contribution < 1.29 is 9.53 Å². The number of piperidine rings is 1. The van der Waals surface area contributed by atoms with Crippen LogP contribution in [0.1, 0.15) is 31.2 Å². The Kier molecular flexibility index (Phi) is 4.04. The summed E-state index contributed by atoms with van der Waals surface area (Å²) in [6, 6.07) is 5.82. The lowest BCUT2D eigenvalue weighted by atomic mass is 9.78. The minimum Gasteiger partial charge on any atom is -0.496 e. The Balaban J connectivity index is 1.66. The summed E-state index contributed by atoms with van der Waals surface area (Å²) < 4.78 is 5.31. The second kappa shape index (κ2) is 5.96. The molecule has 1 aromatic carbocycles. The fourth-order valence-electron chi connectivity index (χ4n) is 3.70. The first-order chi connectivity index (χ1) is 10.2. The third-order valence-corrected chi connectivity index (χ3v) is 4.80. The molecule has 0 radical (unpaired) electrons. The monoisotopic (exact) mass is 288 g/mol. The van der Waals surface area contributed by atoms with Crippen LogP contribution in [0.4, 0.5) is 10.5 Å². The van der Waals surface area contributed by atoms with Gasteiger partial charge in [0.2, 0.25) is 0 Å². The lowest BCUT2D eigenvalue weighted by Crippen LogP contribution is -2.47. The fraction of sp³-hybridized carbons (Fsp3) is 0.588. The van der Waals surface area contributed by atoms with Gasteiger partial charge < -0.3 is 15.0 Å². The smallest absolute Gasteiger partial charge is 0.321 e. The number of anilines is 1. The molecule has 1 saturated carbocycles. The number of ether oxygens (including phenoxy) is 1. The molecule has 21 heavy (non-hydrogen) atoms. The summed E-state index contributed by atoms with van der Waals surface area (Å²) in [6.07, 6.45) is 5.19. The molecule has 2 bridgehead atoms. The molecule has 2 fully saturated rings. The van der Waals surface area contributed by atoms with Crippen molar-refractivity contribution in [3.63, 3.8) is 0 Å². The first-order valence-electron chi connectivity index (χ1n) is 7.86. The number of fused-ring (bicyclic) bond motifs is 2. The molecule has 2 atom stereocenters. The SMILES string of the molecule is COc1cc(NC(=O)N2CC3CCCC(C3)C2)ccc1C. The molecular formula is C17H24N2O2. The predicted molar refractivity (Wildman–Crippen MR) is 83.8 cm³/mol. The third kappa shape index (κ3) is 3.14. The first kappa shape index (κ1) is 14.2. The summed E-state index contributed by atoms with van der Waals surface area (Å²) in [5.41, 5.74) is 1.88. The van der Waals surface area contributed by atoms with E-state index in [0.717, 1.165) is 30.1 Å². The fourth-order valence-corrected chi connectivity index (χ4v) is 3.70. The van der Waals surface area contributed by atoms with Gasteiger partial charge in [0.1, 0.15) is 5.75 Å². The number of carbonyl (C=O) groups excluding carboxylic acids is 1. The Bertz CT molecular complexity index is 518. The topological polar surface area (TPSA) is 41.6 Å². The average molecular weight is 288 g/mol. The number of benzene rings is 1. The van der Waals surface area contributed by atoms with Crippen molar-refractivity contribution in [2.24, 2.45) is 11.8 Å². The van der Waals surface area contributed by atoms with Gasteiger partial charge in [-0.2, -0.15) is 0 Å². The van der Waals surface area contributed by atoms with Gasteiger partial charge in [-0.15, -0.1) is 0 Å². The van der Waals surface area contributed by atoms with Crippen LogP contribution in [0.3, 0.4) is 0 Å². The highest BCUT2D eigenvalue weighted by Gasteiger charge is 2.32. The number of aryl methyl sites for hydroxylation is 1. The van der Waals surface area contributed by atoms with Crippen molar-refractivity contribution in [2.45, 2.75) is 32.6 Å². The number of amides is 2. The minimum atomic E-state index is 0.0255. The van der Waals surface area contributed by atoms with Gasteiger partial charge in [-0.25, -0.2) is 4.79 Å². The number of methoxy groups -OCH3 is 1. The molecule has 1 aromatic rings. The maximum absolute atomic E-state index is 12.5. The van der Waals surface area contributed by atoms with Crippen LogP contribution in [0.25, 0.3) is 0 Å². The van der Waals surface area contributed by atoms with Gasteiger partial charge in [-0.1, -0.05) is 12.5 Å². The van der Waals surface area contributed by atoms with Crippen molar-refractivity contribution in [3.8, 4) is 5.75 Å². The largest absolute Gasteiger partial charge is 0.496 e. The number of rotatable bonds is 2. The van der Waals surface area contributed by atoms with Gasteiger partial charge in [0.25, 0.3) is 0 Å². The molecule has 2 unspecified atom stereocenters. The maximum Gasteiger partial charge on any atom is 0.321 e. The zero-order chi connectivity index (χ0) is 14.8. The summed E-state index contributed by atoms with van der Waals surface area (Å²) in [6.45, 7) is 3.81. The predicted octanol–water partition coefficient (Wildman–Crippen LogP) is 3.66. The Labute approximate surface area is 126 Å². The molecule has 4 nitrogen and oxygen atoms in total. The third-order valence-electron chi connectivity index (χ3n) is 4.80. The van der Waals surface area contributed by atoms with Crippen molar-refractivity contribution in [1.82, 2.24) is 4.90 Å². The van der Waals surface area contributed by atoms with Crippen LogP contribution in [-0.4, -0.2) is 31.1 Å². The molecule has 3 rings (SSSR count). The van der Waals surface area contributed by atoms with E-state index in [1.54, 1.807) is 7.11 Å². The van der Waals surface area contributed by atoms with Crippen LogP contribution >= 0.6 is 0 Å². The molecule has 114 valence electrons. The summed E-state index contributed by atoms with van der Waals surface area (Å²) in [4.78, 5) is 14.4. The second-order valence-corrected chi connectivity index (χ2v) is 6.42. The number of hydrogen-bond donors (Lipinski definition) is 1. The Hall–Kier alpha value is -1.71. The number of nitrogens with zero attached hydrogens (tertiary/aromatic N) is 1. The normalized spacial score (nSPS) is 24.6. The van der Waals surface area contributed by atoms with Gasteiger partial charge in [-0.05, 0) is 49.7 Å². The van der Waals surface area contributed by atoms with Gasteiger partial charge >= 0.3 is 6.03 Å². The van der Waals surface area contributed by atoms with E-state index in [-0.39, 0.29) is 6.03 Å². The standard InChI is InChI=1S/C17H24N2O2/c1-12-6-7-15(9-16(12)21-2)18-17(20)19-10-13-4-3-5-14(8-13)11-19/h6-7,9,13-14H,3-5,8,10-11H2,1-2H3,(H,18,20). The molecule has 1 aliphatic carbocycles. The molecular weight excluding hydrogens is 264 g/mol. The van der Waals surface area contributed by atoms with Crippen LogP contribution in [0, 0.1) is 18.8 Å². The van der Waals surface area contributed by atoms with Crippen molar-refractivity contribution >= 4 is 11.7 Å². The molecule has 1 N–H and O–H groups in total. The van der Waals surface area contributed by atoms with Gasteiger partial charge in [0.15, 0.2) is 0 Å². The van der Waals surface area contributed by atoms with E-state index in [4.69, 9.17) is 4.74 Å². The zero-order valence-corrected chi connectivity index (χ0v) is 12.9. The first-order valence-corrected chi connectivity index (χ1v) is 7.86. The zero-order valence-electron chi connectivity index (χ0n) is 12.9. The van der Waals surface area contributed by atoms with E-state index in [0.29, 0.717) is 11.8 Å². The van der Waals surface area contributed by atoms with E-state index in [1.807, 2.05) is 30.0 Å². The van der Waals surface area contributed by atoms with Gasteiger partial charge in [-0.3, -0.25) is 0 Å². The number of urea groups is 1. The summed E-state index contributed by atoms with van der Waals surface area (Å²) in [5.74, 6) is 2.22. The average Bonchev–Trinajstić information content (AvgIpc) is 2.48. The van der Waals surface area contributed by atoms with Crippen LogP contribution < -0.4 is 10.1 Å². The van der Waals surface area contributed by atoms with Crippen molar-refractivity contribution in [3.05, 3.63) is 23.8 Å². The molecule has 4 heteroatoms. The van der Waals surface area contributed by atoms with Crippen molar-refractivity contribution in [2.75, 3.05) is 25.5 Å². The summed E-state index contributed by atoms with van der Waals surface area (Å²) in [7, 11) is 1.65. The van der Waals surface area contributed by atoms with Crippen LogP contribution in [0.5, 0.6) is 5.75 Å². The Morgan fingerprint density at radius 1 is 1.29 bits per heavy atom. The molecule has 0 aromatic heterocycles. The van der Waals surface area contributed by atoms with Gasteiger partial charge in [0.05, 0.1) is 7.11 Å². The number of nitrogens with one attached hydrogen (secondary N) is 1. The molecule has 1 heterocycles. The molecule has 2 amide bonds.